The van der Waals surface area contributed by atoms with Crippen molar-refractivity contribution in [2.75, 3.05) is 18.9 Å². The molecule has 0 radical (unpaired) electrons. The molecule has 0 saturated carbocycles. The largest absolute Gasteiger partial charge is 0.480 e. The van der Waals surface area contributed by atoms with Gasteiger partial charge in [-0.2, -0.15) is 0 Å². The van der Waals surface area contributed by atoms with Crippen LogP contribution in [0.4, 0.5) is 5.69 Å². The Kier molecular flexibility index (Phi) is 5.16. The number of likely N-dealkylation sites (N-methyl/N-ethyl adjacent to an activating group) is 1. The maximum absolute atomic E-state index is 10.9. The number of nitrogens with one attached hydrogen (secondary N) is 2. The van der Waals surface area contributed by atoms with Gasteiger partial charge in [0.05, 0.1) is 0 Å². The summed E-state index contributed by atoms with van der Waals surface area (Å²) in [5.41, 5.74) is 3.38. The van der Waals surface area contributed by atoms with E-state index in [2.05, 4.69) is 42.7 Å². The quantitative estimate of drug-likeness (QED) is 0.724. The fraction of sp³-hybridized carbons (Fsp3) is 0.500. The lowest BCUT2D eigenvalue weighted by atomic mass is 10.0. The molecule has 0 saturated heterocycles. The summed E-state index contributed by atoms with van der Waals surface area (Å²) in [6.07, 6.45) is 0. The Hall–Kier alpha value is -1.55. The summed E-state index contributed by atoms with van der Waals surface area (Å²) in [6, 6.07) is 5.69. The molecule has 0 aliphatic rings. The zero-order chi connectivity index (χ0) is 13.7. The second-order valence-electron chi connectivity index (χ2n) is 4.79. The van der Waals surface area contributed by atoms with Gasteiger partial charge in [0.2, 0.25) is 0 Å². The lowest BCUT2D eigenvalue weighted by Gasteiger charge is -2.16. The van der Waals surface area contributed by atoms with Crippen LogP contribution in [0.2, 0.25) is 0 Å². The summed E-state index contributed by atoms with van der Waals surface area (Å²) >= 11 is 0. The number of hydrogen-bond donors (Lipinski definition) is 3. The summed E-state index contributed by atoms with van der Waals surface area (Å²) in [5, 5.41) is 14.9. The highest BCUT2D eigenvalue weighted by molar-refractivity contribution is 5.74. The molecule has 0 aliphatic heterocycles. The number of benzene rings is 1. The van der Waals surface area contributed by atoms with Gasteiger partial charge in [0.1, 0.15) is 6.04 Å². The van der Waals surface area contributed by atoms with Crippen LogP contribution in [0.25, 0.3) is 0 Å². The minimum atomic E-state index is -0.845. The Morgan fingerprint density at radius 1 is 1.39 bits per heavy atom. The Balaban J connectivity index is 2.77. The molecule has 0 spiro atoms. The van der Waals surface area contributed by atoms with Crippen LogP contribution in [0.5, 0.6) is 0 Å². The van der Waals surface area contributed by atoms with E-state index >= 15 is 0 Å². The lowest BCUT2D eigenvalue weighted by Crippen LogP contribution is -2.39. The first-order chi connectivity index (χ1) is 8.45. The second-order valence-corrected chi connectivity index (χ2v) is 4.79. The molecule has 4 nitrogen and oxygen atoms in total. The molecule has 4 heteroatoms. The standard InChI is InChI=1S/C14H22N2O2/c1-9(2)11-6-5-10(3)12(7-11)16-8-13(15-4)14(17)18/h5-7,9,13,15-16H,8H2,1-4H3,(H,17,18). The third kappa shape index (κ3) is 3.74. The van der Waals surface area contributed by atoms with Crippen molar-refractivity contribution in [3.05, 3.63) is 29.3 Å². The average Bonchev–Trinajstić information content (AvgIpc) is 2.31. The van der Waals surface area contributed by atoms with Crippen LogP contribution in [0.1, 0.15) is 30.9 Å². The van der Waals surface area contributed by atoms with Crippen LogP contribution in [0.3, 0.4) is 0 Å². The molecule has 3 N–H and O–H groups in total. The molecule has 0 aliphatic carbocycles. The fourth-order valence-electron chi connectivity index (χ4n) is 1.71. The van der Waals surface area contributed by atoms with Gasteiger partial charge in [0, 0.05) is 12.2 Å². The van der Waals surface area contributed by atoms with Crippen LogP contribution in [0, 0.1) is 6.92 Å². The number of carboxylic acids is 1. The zero-order valence-electron chi connectivity index (χ0n) is 11.4. The molecule has 1 atom stereocenters. The van der Waals surface area contributed by atoms with E-state index in [1.165, 1.54) is 5.56 Å². The van der Waals surface area contributed by atoms with Crippen LogP contribution in [-0.2, 0) is 4.79 Å². The minimum Gasteiger partial charge on any atom is -0.480 e. The number of anilines is 1. The number of hydrogen-bond acceptors (Lipinski definition) is 3. The predicted octanol–water partition coefficient (Wildman–Crippen LogP) is 2.20. The van der Waals surface area contributed by atoms with Crippen molar-refractivity contribution in [2.45, 2.75) is 32.7 Å². The molecular weight excluding hydrogens is 228 g/mol. The molecule has 1 unspecified atom stereocenters. The van der Waals surface area contributed by atoms with Gasteiger partial charge in [-0.3, -0.25) is 4.79 Å². The van der Waals surface area contributed by atoms with Gasteiger partial charge in [0.15, 0.2) is 0 Å². The van der Waals surface area contributed by atoms with Crippen LogP contribution >= 0.6 is 0 Å². The van der Waals surface area contributed by atoms with Crippen molar-refractivity contribution >= 4 is 11.7 Å². The highest BCUT2D eigenvalue weighted by atomic mass is 16.4. The number of aryl methyl sites for hydroxylation is 1. The summed E-state index contributed by atoms with van der Waals surface area (Å²) < 4.78 is 0. The topological polar surface area (TPSA) is 61.4 Å². The second kappa shape index (κ2) is 6.40. The van der Waals surface area contributed by atoms with E-state index in [9.17, 15) is 4.79 Å². The third-order valence-electron chi connectivity index (χ3n) is 3.07. The number of carbonyl (C=O) groups is 1. The molecule has 1 aromatic carbocycles. The first kappa shape index (κ1) is 14.5. The molecule has 0 aromatic heterocycles. The fourth-order valence-corrected chi connectivity index (χ4v) is 1.71. The Labute approximate surface area is 108 Å². The predicted molar refractivity (Wildman–Crippen MR) is 74.2 cm³/mol. The molecule has 0 fully saturated rings. The van der Waals surface area contributed by atoms with E-state index in [0.717, 1.165) is 11.3 Å². The zero-order valence-corrected chi connectivity index (χ0v) is 11.4. The molecule has 1 aromatic rings. The Morgan fingerprint density at radius 3 is 2.56 bits per heavy atom. The summed E-state index contributed by atoms with van der Waals surface area (Å²) in [6.45, 7) is 6.67. The van der Waals surface area contributed by atoms with Gasteiger partial charge in [0.25, 0.3) is 0 Å². The van der Waals surface area contributed by atoms with Crippen molar-refractivity contribution in [2.24, 2.45) is 0 Å². The highest BCUT2D eigenvalue weighted by Crippen LogP contribution is 2.22. The van der Waals surface area contributed by atoms with Crippen molar-refractivity contribution in [1.29, 1.82) is 0 Å². The van der Waals surface area contributed by atoms with Crippen molar-refractivity contribution in [3.8, 4) is 0 Å². The maximum atomic E-state index is 10.9. The van der Waals surface area contributed by atoms with Gasteiger partial charge >= 0.3 is 5.97 Å². The van der Waals surface area contributed by atoms with E-state index in [0.29, 0.717) is 12.5 Å². The first-order valence-electron chi connectivity index (χ1n) is 6.20. The van der Waals surface area contributed by atoms with Gasteiger partial charge in [-0.1, -0.05) is 26.0 Å². The molecule has 0 bridgehead atoms. The van der Waals surface area contributed by atoms with Crippen LogP contribution in [-0.4, -0.2) is 30.7 Å². The van der Waals surface area contributed by atoms with Crippen LogP contribution < -0.4 is 10.6 Å². The van der Waals surface area contributed by atoms with E-state index < -0.39 is 12.0 Å². The summed E-state index contributed by atoms with van der Waals surface area (Å²) in [4.78, 5) is 10.9. The summed E-state index contributed by atoms with van der Waals surface area (Å²) in [7, 11) is 1.65. The van der Waals surface area contributed by atoms with Gasteiger partial charge < -0.3 is 15.7 Å². The number of aliphatic carboxylic acids is 1. The molecular formula is C14H22N2O2. The lowest BCUT2D eigenvalue weighted by molar-refractivity contribution is -0.138. The van der Waals surface area contributed by atoms with E-state index in [-0.39, 0.29) is 0 Å². The highest BCUT2D eigenvalue weighted by Gasteiger charge is 2.14. The maximum Gasteiger partial charge on any atom is 0.322 e. The smallest absolute Gasteiger partial charge is 0.322 e. The monoisotopic (exact) mass is 250 g/mol. The van der Waals surface area contributed by atoms with Gasteiger partial charge in [-0.25, -0.2) is 0 Å². The van der Waals surface area contributed by atoms with Crippen LogP contribution in [0.15, 0.2) is 18.2 Å². The molecule has 100 valence electrons. The SMILES string of the molecule is CNC(CNc1cc(C(C)C)ccc1C)C(=O)O. The number of carboxylic acid groups (broad SMARTS) is 1. The van der Waals surface area contributed by atoms with E-state index in [1.807, 2.05) is 6.92 Å². The van der Waals surface area contributed by atoms with Crippen molar-refractivity contribution < 1.29 is 9.90 Å². The third-order valence-corrected chi connectivity index (χ3v) is 3.07. The van der Waals surface area contributed by atoms with E-state index in [4.69, 9.17) is 5.11 Å². The Bertz CT molecular complexity index is 416. The van der Waals surface area contributed by atoms with Gasteiger partial charge in [-0.15, -0.1) is 0 Å². The average molecular weight is 250 g/mol. The molecule has 18 heavy (non-hydrogen) atoms. The first-order valence-corrected chi connectivity index (χ1v) is 6.20. The van der Waals surface area contributed by atoms with Crippen molar-refractivity contribution in [1.82, 2.24) is 5.32 Å². The number of rotatable bonds is 6. The van der Waals surface area contributed by atoms with Crippen molar-refractivity contribution in [3.63, 3.8) is 0 Å². The minimum absolute atomic E-state index is 0.369. The summed E-state index contributed by atoms with van der Waals surface area (Å²) in [5.74, 6) is -0.381. The Morgan fingerprint density at radius 2 is 2.06 bits per heavy atom. The normalized spacial score (nSPS) is 12.5. The van der Waals surface area contributed by atoms with Gasteiger partial charge in [-0.05, 0) is 37.1 Å². The molecule has 0 heterocycles. The molecule has 1 rings (SSSR count). The molecule has 0 amide bonds. The van der Waals surface area contributed by atoms with E-state index in [1.54, 1.807) is 7.05 Å².